The van der Waals surface area contributed by atoms with Crippen LogP contribution in [0.25, 0.3) is 16.2 Å². The number of halogens is 2. The molecule has 7 heteroatoms. The van der Waals surface area contributed by atoms with Gasteiger partial charge >= 0.3 is 35.6 Å². The van der Waals surface area contributed by atoms with Crippen molar-refractivity contribution in [1.29, 1.82) is 0 Å². The van der Waals surface area contributed by atoms with Gasteiger partial charge in [-0.05, 0) is 47.8 Å². The molecule has 1 aliphatic heterocycles. The third-order valence-electron chi connectivity index (χ3n) is 6.88. The fraction of sp³-hybridized carbons (Fsp3) is 0.522. The van der Waals surface area contributed by atoms with Gasteiger partial charge in [0.05, 0.1) is 0 Å². The average molecular weight is 499 g/mol. The number of benzene rings is 1. The van der Waals surface area contributed by atoms with E-state index < -0.39 is 25.3 Å². The second-order valence-corrected chi connectivity index (χ2v) is 16.1. The Morgan fingerprint density at radius 3 is 2.30 bits per heavy atom. The van der Waals surface area contributed by atoms with Crippen molar-refractivity contribution in [1.82, 2.24) is 4.57 Å². The fourth-order valence-electron chi connectivity index (χ4n) is 5.58. The van der Waals surface area contributed by atoms with E-state index in [1.807, 2.05) is 0 Å². The second kappa shape index (κ2) is 11.8. The number of rotatable bonds is 3. The minimum absolute atomic E-state index is 0. The van der Waals surface area contributed by atoms with Crippen LogP contribution in [0.1, 0.15) is 24.5 Å². The molecule has 1 aromatic rings. The van der Waals surface area contributed by atoms with Gasteiger partial charge in [-0.2, -0.15) is 0 Å². The predicted molar refractivity (Wildman–Crippen MR) is 132 cm³/mol. The average Bonchev–Trinajstić information content (AvgIpc) is 3.06. The van der Waals surface area contributed by atoms with Crippen LogP contribution in [0.4, 0.5) is 0 Å². The first-order valence-electron chi connectivity index (χ1n) is 10.3. The van der Waals surface area contributed by atoms with E-state index in [1.165, 1.54) is 17.5 Å². The molecule has 3 aliphatic rings. The summed E-state index contributed by atoms with van der Waals surface area (Å²) < 4.78 is 2.61. The number of aryl methyl sites for hydroxylation is 1. The Morgan fingerprint density at radius 1 is 1.10 bits per heavy atom. The molecule has 0 radical (unpaired) electrons. The van der Waals surface area contributed by atoms with Crippen molar-refractivity contribution in [3.8, 4) is 0 Å². The molecule has 0 amide bonds. The summed E-state index contributed by atoms with van der Waals surface area (Å²) in [5.41, 5.74) is 5.05. The number of fused-ring (bicyclic) bond motifs is 1. The molecule has 0 spiro atoms. The van der Waals surface area contributed by atoms with E-state index in [0.29, 0.717) is 18.5 Å². The van der Waals surface area contributed by atoms with Gasteiger partial charge in [0.2, 0.25) is 0 Å². The summed E-state index contributed by atoms with van der Waals surface area (Å²) in [6.45, 7) is 12.2. The van der Waals surface area contributed by atoms with E-state index in [2.05, 4.69) is 84.6 Å². The Balaban J connectivity index is 0.000000757. The maximum absolute atomic E-state index is 4.89. The Morgan fingerprint density at radius 2 is 1.70 bits per heavy atom. The Bertz CT molecular complexity index is 732. The zero-order valence-corrected chi connectivity index (χ0v) is 22.9. The molecule has 1 saturated heterocycles. The van der Waals surface area contributed by atoms with Crippen molar-refractivity contribution in [2.24, 2.45) is 17.8 Å². The first kappa shape index (κ1) is 26.3. The van der Waals surface area contributed by atoms with Crippen LogP contribution in [-0.2, 0) is 17.0 Å². The molecule has 3 nitrogen and oxygen atoms in total. The summed E-state index contributed by atoms with van der Waals surface area (Å²) in [4.78, 5) is 0. The molecule has 30 heavy (non-hydrogen) atoms. The molecule has 0 bridgehead atoms. The topological polar surface area (TPSA) is 31.4 Å². The molecule has 4 atom stereocenters. The van der Waals surface area contributed by atoms with E-state index in [-0.39, 0.29) is 7.43 Å². The van der Waals surface area contributed by atoms with Gasteiger partial charge in [-0.3, -0.25) is 6.67 Å². The van der Waals surface area contributed by atoms with Crippen LogP contribution in [-0.4, -0.2) is 32.8 Å². The molecule has 1 heterocycles. The quantitative estimate of drug-likeness (QED) is 0.312. The third kappa shape index (κ3) is 5.71. The van der Waals surface area contributed by atoms with Crippen molar-refractivity contribution in [3.05, 3.63) is 71.7 Å². The van der Waals surface area contributed by atoms with Gasteiger partial charge in [-0.25, -0.2) is 0 Å². The van der Waals surface area contributed by atoms with Gasteiger partial charge in [0.25, 0.3) is 0 Å². The molecular weight excluding hydrogens is 465 g/mol. The Labute approximate surface area is 201 Å². The number of allylic oxidation sites excluding steroid dienone is 4. The molecule has 2 aliphatic carbocycles. The van der Waals surface area contributed by atoms with Crippen molar-refractivity contribution in [2.45, 2.75) is 38.9 Å². The first-order chi connectivity index (χ1) is 13.9. The van der Waals surface area contributed by atoms with Crippen molar-refractivity contribution >= 4 is 32.4 Å². The number of nitrogens with zero attached hydrogens (tertiary/aromatic N) is 3. The molecule has 2 fully saturated rings. The van der Waals surface area contributed by atoms with Gasteiger partial charge in [-0.15, -0.1) is 13.3 Å². The van der Waals surface area contributed by atoms with E-state index in [1.54, 1.807) is 5.57 Å². The zero-order valence-electron chi connectivity index (χ0n) is 18.8. The molecule has 1 saturated carbocycles. The summed E-state index contributed by atoms with van der Waals surface area (Å²) in [6, 6.07) is 9.10. The van der Waals surface area contributed by atoms with Crippen LogP contribution >= 0.6 is 18.6 Å². The monoisotopic (exact) mass is 498 g/mol. The molecule has 0 N–H and O–H groups in total. The van der Waals surface area contributed by atoms with Gasteiger partial charge in [-0.1, -0.05) is 68.1 Å². The van der Waals surface area contributed by atoms with Gasteiger partial charge in [0.15, 0.2) is 0 Å². The van der Waals surface area contributed by atoms with Crippen LogP contribution in [0.5, 0.6) is 0 Å². The van der Waals surface area contributed by atoms with Crippen molar-refractivity contribution < 1.29 is 17.0 Å². The molecular formula is C23H34Cl2N3SiTi+. The Kier molecular flexibility index (Phi) is 10.4. The SMILES string of the molecule is Cc1ccc(C2=CC=CC3C2CC(C)C3[Si](C)(C)N2C[N-]C[N-]C2)cc1.[CH3-].[Cl][Ti+4][Cl]. The van der Waals surface area contributed by atoms with Crippen molar-refractivity contribution in [3.63, 3.8) is 0 Å². The van der Waals surface area contributed by atoms with Gasteiger partial charge in [0, 0.05) is 0 Å². The molecule has 4 rings (SSSR count). The summed E-state index contributed by atoms with van der Waals surface area (Å²) in [6.07, 6.45) is 8.49. The van der Waals surface area contributed by atoms with Crippen LogP contribution in [0.2, 0.25) is 18.6 Å². The standard InChI is InChI=1S/C22H31N3Si.CH3.2ClH.Ti/c1-16-8-10-18(11-9-16)19-6-5-7-20-21(19)12-17(2)22(20)26(3,4)25-14-23-13-24-15-25;;;;/h5-11,17,20-22H,12-15H2,1-4H3;1H3;2*1H;/q-2;-1;;;+6/p-2. The molecule has 4 unspecified atom stereocenters. The van der Waals surface area contributed by atoms with Crippen LogP contribution in [0.3, 0.4) is 0 Å². The second-order valence-electron chi connectivity index (χ2n) is 8.93. The van der Waals surface area contributed by atoms with Gasteiger partial charge < -0.3 is 22.6 Å². The van der Waals surface area contributed by atoms with E-state index in [9.17, 15) is 0 Å². The third-order valence-corrected chi connectivity index (χ3v) is 11.4. The fourth-order valence-corrected chi connectivity index (χ4v) is 9.74. The molecule has 0 aromatic heterocycles. The minimum atomic E-state index is -1.61. The number of hydrogen-bond acceptors (Lipinski definition) is 1. The van der Waals surface area contributed by atoms with E-state index in [4.69, 9.17) is 18.6 Å². The normalized spacial score (nSPS) is 28.8. The summed E-state index contributed by atoms with van der Waals surface area (Å²) in [5, 5.41) is 9.12. The molecule has 1 aromatic carbocycles. The van der Waals surface area contributed by atoms with E-state index >= 15 is 0 Å². The van der Waals surface area contributed by atoms with E-state index in [0.717, 1.165) is 24.8 Å². The van der Waals surface area contributed by atoms with Crippen LogP contribution in [0.15, 0.2) is 42.5 Å². The van der Waals surface area contributed by atoms with Crippen LogP contribution in [0, 0.1) is 32.1 Å². The van der Waals surface area contributed by atoms with Gasteiger partial charge in [0.1, 0.15) is 8.24 Å². The predicted octanol–water partition coefficient (Wildman–Crippen LogP) is 7.56. The summed E-state index contributed by atoms with van der Waals surface area (Å²) in [7, 11) is 8.16. The van der Waals surface area contributed by atoms with Crippen molar-refractivity contribution in [2.75, 3.05) is 20.0 Å². The van der Waals surface area contributed by atoms with Crippen LogP contribution < -0.4 is 0 Å². The summed E-state index contributed by atoms with van der Waals surface area (Å²) in [5.74, 6) is 2.08. The first-order valence-corrected chi connectivity index (χ1v) is 17.7. The molecule has 162 valence electrons. The number of hydrogen-bond donors (Lipinski definition) is 0. The maximum atomic E-state index is 4.89. The Hall–Kier alpha value is 0.0912. The zero-order chi connectivity index (χ0) is 21.0. The summed E-state index contributed by atoms with van der Waals surface area (Å²) >= 11 is -0.556.